The van der Waals surface area contributed by atoms with Crippen LogP contribution in [-0.2, 0) is 4.89 Å². The van der Waals surface area contributed by atoms with E-state index in [4.69, 9.17) is 14.2 Å². The molecule has 1 aromatic heterocycles. The zero-order chi connectivity index (χ0) is 15.6. The Morgan fingerprint density at radius 2 is 2.09 bits per heavy atom. The minimum Gasteiger partial charge on any atom is -0.445 e. The van der Waals surface area contributed by atoms with Gasteiger partial charge in [-0.25, -0.2) is 14.7 Å². The molecule has 1 saturated carbocycles. The summed E-state index contributed by atoms with van der Waals surface area (Å²) in [6.07, 6.45) is 6.38. The SMILES string of the molecule is O=C(OOc1cccc(-c2ncco2)c1)N1CC2CCCC2C1. The second kappa shape index (κ2) is 5.95. The van der Waals surface area contributed by atoms with E-state index in [0.29, 0.717) is 23.5 Å². The molecule has 0 N–H and O–H groups in total. The van der Waals surface area contributed by atoms with Crippen molar-refractivity contribution in [1.29, 1.82) is 0 Å². The topological polar surface area (TPSA) is 64.8 Å². The fourth-order valence-corrected chi connectivity index (χ4v) is 3.57. The van der Waals surface area contributed by atoms with Gasteiger partial charge in [0.2, 0.25) is 5.89 Å². The van der Waals surface area contributed by atoms with Crippen molar-refractivity contribution in [2.24, 2.45) is 11.8 Å². The predicted octanol–water partition coefficient (Wildman–Crippen LogP) is 3.50. The quantitative estimate of drug-likeness (QED) is 0.641. The summed E-state index contributed by atoms with van der Waals surface area (Å²) < 4.78 is 5.24. The highest BCUT2D eigenvalue weighted by atomic mass is 17.2. The number of oxazole rings is 1. The van der Waals surface area contributed by atoms with Gasteiger partial charge in [-0.1, -0.05) is 12.5 Å². The van der Waals surface area contributed by atoms with Crippen LogP contribution in [0.3, 0.4) is 0 Å². The smallest absolute Gasteiger partial charge is 0.445 e. The molecule has 2 unspecified atom stereocenters. The van der Waals surface area contributed by atoms with Gasteiger partial charge in [0, 0.05) is 18.7 Å². The maximum absolute atomic E-state index is 12.1. The van der Waals surface area contributed by atoms with Crippen LogP contribution in [0.1, 0.15) is 19.3 Å². The number of aromatic nitrogens is 1. The van der Waals surface area contributed by atoms with Crippen molar-refractivity contribution in [1.82, 2.24) is 9.88 Å². The van der Waals surface area contributed by atoms with Crippen LogP contribution in [0.4, 0.5) is 4.79 Å². The first-order valence-electron chi connectivity index (χ1n) is 7.93. The minimum atomic E-state index is -0.416. The molecular weight excluding hydrogens is 296 g/mol. The number of hydrogen-bond acceptors (Lipinski definition) is 5. The van der Waals surface area contributed by atoms with Gasteiger partial charge in [-0.2, -0.15) is 0 Å². The molecule has 0 radical (unpaired) electrons. The van der Waals surface area contributed by atoms with Crippen molar-refractivity contribution in [3.8, 4) is 17.2 Å². The number of carbonyl (C=O) groups excluding carboxylic acids is 1. The number of hydrogen-bond donors (Lipinski definition) is 0. The van der Waals surface area contributed by atoms with E-state index in [9.17, 15) is 4.79 Å². The third kappa shape index (κ3) is 2.88. The maximum atomic E-state index is 12.1. The van der Waals surface area contributed by atoms with Crippen LogP contribution >= 0.6 is 0 Å². The van der Waals surface area contributed by atoms with E-state index < -0.39 is 6.09 Å². The molecule has 6 nitrogen and oxygen atoms in total. The van der Waals surface area contributed by atoms with Crippen molar-refractivity contribution in [2.75, 3.05) is 13.1 Å². The highest BCUT2D eigenvalue weighted by molar-refractivity contribution is 5.67. The second-order valence-electron chi connectivity index (χ2n) is 6.15. The Morgan fingerprint density at radius 1 is 1.26 bits per heavy atom. The maximum Gasteiger partial charge on any atom is 0.452 e. The molecule has 4 rings (SSSR count). The molecule has 1 aliphatic carbocycles. The van der Waals surface area contributed by atoms with Crippen LogP contribution in [-0.4, -0.2) is 29.1 Å². The molecule has 23 heavy (non-hydrogen) atoms. The van der Waals surface area contributed by atoms with E-state index >= 15 is 0 Å². The largest absolute Gasteiger partial charge is 0.452 e. The van der Waals surface area contributed by atoms with E-state index in [1.165, 1.54) is 25.5 Å². The van der Waals surface area contributed by atoms with Crippen molar-refractivity contribution >= 4 is 6.09 Å². The van der Waals surface area contributed by atoms with Crippen molar-refractivity contribution in [3.63, 3.8) is 0 Å². The number of nitrogens with zero attached hydrogens (tertiary/aromatic N) is 2. The summed E-state index contributed by atoms with van der Waals surface area (Å²) in [7, 11) is 0. The van der Waals surface area contributed by atoms with Crippen molar-refractivity contribution in [3.05, 3.63) is 36.7 Å². The van der Waals surface area contributed by atoms with E-state index in [0.717, 1.165) is 18.7 Å². The normalized spacial score (nSPS) is 22.9. The first-order chi connectivity index (χ1) is 11.3. The van der Waals surface area contributed by atoms with Crippen molar-refractivity contribution in [2.45, 2.75) is 19.3 Å². The molecule has 2 heterocycles. The summed E-state index contributed by atoms with van der Waals surface area (Å²) in [6, 6.07) is 7.08. The highest BCUT2D eigenvalue weighted by Crippen LogP contribution is 2.37. The average Bonchev–Trinajstić information content (AvgIpc) is 3.28. The predicted molar refractivity (Wildman–Crippen MR) is 81.5 cm³/mol. The second-order valence-corrected chi connectivity index (χ2v) is 6.15. The molecule has 6 heteroatoms. The lowest BCUT2D eigenvalue weighted by atomic mass is 10.0. The summed E-state index contributed by atoms with van der Waals surface area (Å²) in [5.41, 5.74) is 0.763. The van der Waals surface area contributed by atoms with Gasteiger partial charge in [0.25, 0.3) is 0 Å². The lowest BCUT2D eigenvalue weighted by molar-refractivity contribution is -0.153. The Labute approximate surface area is 133 Å². The summed E-state index contributed by atoms with van der Waals surface area (Å²) in [4.78, 5) is 28.1. The Kier molecular flexibility index (Phi) is 3.65. The Balaban J connectivity index is 1.36. The Hall–Kier alpha value is -2.50. The van der Waals surface area contributed by atoms with Crippen LogP contribution in [0.15, 0.2) is 41.1 Å². The fourth-order valence-electron chi connectivity index (χ4n) is 3.57. The van der Waals surface area contributed by atoms with Crippen LogP contribution in [0, 0.1) is 11.8 Å². The van der Waals surface area contributed by atoms with Crippen molar-refractivity contribution < 1.29 is 19.0 Å². The third-order valence-electron chi connectivity index (χ3n) is 4.71. The summed E-state index contributed by atoms with van der Waals surface area (Å²) in [5, 5.41) is 0. The van der Waals surface area contributed by atoms with Gasteiger partial charge in [-0.05, 0) is 42.9 Å². The lowest BCUT2D eigenvalue weighted by Crippen LogP contribution is -2.31. The summed E-state index contributed by atoms with van der Waals surface area (Å²) in [5.74, 6) is 2.20. The van der Waals surface area contributed by atoms with Gasteiger partial charge in [0.15, 0.2) is 5.75 Å². The van der Waals surface area contributed by atoms with Gasteiger partial charge in [-0.3, -0.25) is 4.89 Å². The van der Waals surface area contributed by atoms with Crippen LogP contribution in [0.25, 0.3) is 11.5 Å². The Morgan fingerprint density at radius 3 is 2.83 bits per heavy atom. The molecule has 2 aliphatic rings. The number of fused-ring (bicyclic) bond motifs is 1. The highest BCUT2D eigenvalue weighted by Gasteiger charge is 2.39. The number of carbonyl (C=O) groups is 1. The summed E-state index contributed by atoms with van der Waals surface area (Å²) >= 11 is 0. The number of benzene rings is 1. The molecule has 1 saturated heterocycles. The minimum absolute atomic E-state index is 0.416. The van der Waals surface area contributed by atoms with Crippen LogP contribution in [0.2, 0.25) is 0 Å². The van der Waals surface area contributed by atoms with Gasteiger partial charge < -0.3 is 9.32 Å². The standard InChI is InChI=1S/C17H18N2O4/c20-17(19-10-13-4-1-5-14(13)11-19)23-22-15-6-2-3-12(9-15)16-18-7-8-21-16/h2-3,6-9,13-14H,1,4-5,10-11H2. The molecule has 2 aromatic rings. The molecule has 1 amide bonds. The van der Waals surface area contributed by atoms with E-state index in [1.54, 1.807) is 29.3 Å². The van der Waals surface area contributed by atoms with E-state index in [2.05, 4.69) is 4.98 Å². The lowest BCUT2D eigenvalue weighted by Gasteiger charge is -2.15. The third-order valence-corrected chi connectivity index (χ3v) is 4.71. The average molecular weight is 314 g/mol. The zero-order valence-corrected chi connectivity index (χ0v) is 12.7. The Bertz CT molecular complexity index is 674. The molecular formula is C17H18N2O4. The molecule has 2 atom stereocenters. The van der Waals surface area contributed by atoms with E-state index in [-0.39, 0.29) is 0 Å². The molecule has 0 bridgehead atoms. The van der Waals surface area contributed by atoms with E-state index in [1.807, 2.05) is 6.07 Å². The van der Waals surface area contributed by atoms with Crippen LogP contribution < -0.4 is 4.89 Å². The molecule has 0 spiro atoms. The molecule has 2 fully saturated rings. The number of rotatable bonds is 3. The first-order valence-corrected chi connectivity index (χ1v) is 7.93. The molecule has 1 aliphatic heterocycles. The van der Waals surface area contributed by atoms with Crippen LogP contribution in [0.5, 0.6) is 5.75 Å². The zero-order valence-electron chi connectivity index (χ0n) is 12.7. The van der Waals surface area contributed by atoms with Gasteiger partial charge >= 0.3 is 6.09 Å². The molecule has 120 valence electrons. The van der Waals surface area contributed by atoms with Gasteiger partial charge in [0.05, 0.1) is 6.20 Å². The monoisotopic (exact) mass is 314 g/mol. The number of likely N-dealkylation sites (tertiary alicyclic amines) is 1. The molecule has 1 aromatic carbocycles. The van der Waals surface area contributed by atoms with Gasteiger partial charge in [-0.15, -0.1) is 0 Å². The fraction of sp³-hybridized carbons (Fsp3) is 0.412. The number of amides is 1. The summed E-state index contributed by atoms with van der Waals surface area (Å²) in [6.45, 7) is 1.56. The van der Waals surface area contributed by atoms with Gasteiger partial charge in [0.1, 0.15) is 6.26 Å². The first kappa shape index (κ1) is 14.1.